The van der Waals surface area contributed by atoms with Crippen LogP contribution in [-0.4, -0.2) is 36.7 Å². The van der Waals surface area contributed by atoms with Crippen LogP contribution >= 0.6 is 0 Å². The molecule has 0 saturated carbocycles. The second-order valence-corrected chi connectivity index (χ2v) is 6.26. The lowest BCUT2D eigenvalue weighted by Crippen LogP contribution is -2.43. The number of rotatable bonds is 9. The Bertz CT molecular complexity index is 949. The predicted molar refractivity (Wildman–Crippen MR) is 106 cm³/mol. The van der Waals surface area contributed by atoms with Crippen LogP contribution in [0.15, 0.2) is 71.1 Å². The van der Waals surface area contributed by atoms with Crippen LogP contribution in [0.3, 0.4) is 0 Å². The van der Waals surface area contributed by atoms with Crippen LogP contribution in [0.2, 0.25) is 0 Å². The Labute approximate surface area is 167 Å². The third-order valence-corrected chi connectivity index (χ3v) is 4.20. The number of hydrogen-bond acceptors (Lipinski definition) is 5. The molecule has 2 N–H and O–H groups in total. The van der Waals surface area contributed by atoms with Crippen LogP contribution in [0.4, 0.5) is 0 Å². The van der Waals surface area contributed by atoms with Crippen LogP contribution in [-0.2, 0) is 16.1 Å². The van der Waals surface area contributed by atoms with Crippen molar-refractivity contribution < 1.29 is 28.6 Å². The summed E-state index contributed by atoms with van der Waals surface area (Å²) in [5.41, 5.74) is 1.68. The summed E-state index contributed by atoms with van der Waals surface area (Å²) in [5.74, 6) is -0.595. The Balaban J connectivity index is 1.59. The molecule has 1 atom stereocenters. The van der Waals surface area contributed by atoms with Crippen molar-refractivity contribution in [3.63, 3.8) is 0 Å². The minimum absolute atomic E-state index is 0.0186. The summed E-state index contributed by atoms with van der Waals surface area (Å²) < 4.78 is 16.1. The van der Waals surface area contributed by atoms with Crippen molar-refractivity contribution in [2.45, 2.75) is 12.6 Å². The molecule has 0 radical (unpaired) electrons. The Kier molecular flexibility index (Phi) is 6.65. The van der Waals surface area contributed by atoms with Gasteiger partial charge in [0.05, 0.1) is 20.3 Å². The average Bonchev–Trinajstić information content (AvgIpc) is 3.24. The van der Waals surface area contributed by atoms with Gasteiger partial charge in [-0.2, -0.15) is 0 Å². The van der Waals surface area contributed by atoms with Crippen molar-refractivity contribution in [3.05, 3.63) is 78.1 Å². The quantitative estimate of drug-likeness (QED) is 0.577. The Hall–Kier alpha value is -3.58. The Morgan fingerprint density at radius 3 is 2.41 bits per heavy atom. The predicted octanol–water partition coefficient (Wildman–Crippen LogP) is 3.36. The summed E-state index contributed by atoms with van der Waals surface area (Å²) >= 11 is 0. The van der Waals surface area contributed by atoms with Gasteiger partial charge in [-0.25, -0.2) is 4.79 Å². The first kappa shape index (κ1) is 20.2. The SMILES string of the molecule is COc1ccc(-c2ccc(C(=O)N[C@@H](COCc3ccccc3)C(=O)O)o2)cc1. The summed E-state index contributed by atoms with van der Waals surface area (Å²) in [6.45, 7) is 0.0882. The maximum atomic E-state index is 12.4. The number of carbonyl (C=O) groups excluding carboxylic acids is 1. The zero-order chi connectivity index (χ0) is 20.6. The number of nitrogens with one attached hydrogen (secondary N) is 1. The van der Waals surface area contributed by atoms with E-state index in [1.165, 1.54) is 6.07 Å². The second kappa shape index (κ2) is 9.57. The number of carboxylic acids is 1. The molecule has 7 heteroatoms. The van der Waals surface area contributed by atoms with Crippen LogP contribution in [0.5, 0.6) is 5.75 Å². The van der Waals surface area contributed by atoms with Gasteiger partial charge >= 0.3 is 5.97 Å². The van der Waals surface area contributed by atoms with Gasteiger partial charge in [-0.3, -0.25) is 4.79 Å². The zero-order valence-corrected chi connectivity index (χ0v) is 15.8. The van der Waals surface area contributed by atoms with E-state index in [9.17, 15) is 14.7 Å². The molecule has 2 aromatic carbocycles. The summed E-state index contributed by atoms with van der Waals surface area (Å²) in [5, 5.41) is 11.8. The highest BCUT2D eigenvalue weighted by molar-refractivity contribution is 5.94. The van der Waals surface area contributed by atoms with Gasteiger partial charge in [0, 0.05) is 5.56 Å². The summed E-state index contributed by atoms with van der Waals surface area (Å²) in [7, 11) is 1.58. The van der Waals surface area contributed by atoms with Crippen LogP contribution < -0.4 is 10.1 Å². The fraction of sp³-hybridized carbons (Fsp3) is 0.182. The molecule has 29 heavy (non-hydrogen) atoms. The van der Waals surface area contributed by atoms with E-state index in [-0.39, 0.29) is 19.0 Å². The third-order valence-electron chi connectivity index (χ3n) is 4.20. The van der Waals surface area contributed by atoms with E-state index in [2.05, 4.69) is 5.32 Å². The highest BCUT2D eigenvalue weighted by Gasteiger charge is 2.23. The number of furan rings is 1. The molecule has 7 nitrogen and oxygen atoms in total. The van der Waals surface area contributed by atoms with Crippen molar-refractivity contribution in [1.29, 1.82) is 0 Å². The molecule has 150 valence electrons. The zero-order valence-electron chi connectivity index (χ0n) is 15.8. The molecule has 3 aromatic rings. The maximum absolute atomic E-state index is 12.4. The van der Waals surface area contributed by atoms with Crippen molar-refractivity contribution >= 4 is 11.9 Å². The standard InChI is InChI=1S/C22H21NO6/c1-27-17-9-7-16(8-10-17)19-11-12-20(29-19)21(24)23-18(22(25)26)14-28-13-15-5-3-2-4-6-15/h2-12,18H,13-14H2,1H3,(H,23,24)(H,25,26)/t18-/m0/s1. The average molecular weight is 395 g/mol. The van der Waals surface area contributed by atoms with E-state index in [0.29, 0.717) is 11.5 Å². The molecule has 1 amide bonds. The van der Waals surface area contributed by atoms with E-state index < -0.39 is 17.9 Å². The Morgan fingerprint density at radius 1 is 1.03 bits per heavy atom. The normalized spacial score (nSPS) is 11.6. The van der Waals surface area contributed by atoms with Gasteiger partial charge in [0.25, 0.3) is 5.91 Å². The summed E-state index contributed by atoms with van der Waals surface area (Å²) in [6, 6.07) is 18.5. The van der Waals surface area contributed by atoms with Crippen molar-refractivity contribution in [2.24, 2.45) is 0 Å². The van der Waals surface area contributed by atoms with Crippen molar-refractivity contribution in [3.8, 4) is 17.1 Å². The molecule has 3 rings (SSSR count). The second-order valence-electron chi connectivity index (χ2n) is 6.26. The molecular weight excluding hydrogens is 374 g/mol. The summed E-state index contributed by atoms with van der Waals surface area (Å²) in [4.78, 5) is 23.9. The molecule has 0 aliphatic rings. The lowest BCUT2D eigenvalue weighted by Gasteiger charge is -2.14. The number of carbonyl (C=O) groups is 2. The van der Waals surface area contributed by atoms with E-state index in [4.69, 9.17) is 13.9 Å². The first-order valence-corrected chi connectivity index (χ1v) is 8.96. The fourth-order valence-corrected chi connectivity index (χ4v) is 2.64. The molecule has 0 fully saturated rings. The molecule has 0 aliphatic carbocycles. The summed E-state index contributed by atoms with van der Waals surface area (Å²) in [6.07, 6.45) is 0. The number of carboxylic acid groups (broad SMARTS) is 1. The molecule has 0 bridgehead atoms. The first-order valence-electron chi connectivity index (χ1n) is 8.96. The highest BCUT2D eigenvalue weighted by Crippen LogP contribution is 2.24. The topological polar surface area (TPSA) is 98.0 Å². The number of amides is 1. The van der Waals surface area contributed by atoms with Crippen molar-refractivity contribution in [1.82, 2.24) is 5.32 Å². The van der Waals surface area contributed by atoms with E-state index in [1.807, 2.05) is 30.3 Å². The molecule has 0 spiro atoms. The van der Waals surface area contributed by atoms with E-state index >= 15 is 0 Å². The van der Waals surface area contributed by atoms with Gasteiger partial charge < -0.3 is 24.3 Å². The number of hydrogen-bond donors (Lipinski definition) is 2. The van der Waals surface area contributed by atoms with Gasteiger partial charge in [-0.1, -0.05) is 30.3 Å². The monoisotopic (exact) mass is 395 g/mol. The lowest BCUT2D eigenvalue weighted by atomic mass is 10.2. The van der Waals surface area contributed by atoms with Crippen molar-refractivity contribution in [2.75, 3.05) is 13.7 Å². The minimum atomic E-state index is -1.19. The highest BCUT2D eigenvalue weighted by atomic mass is 16.5. The molecule has 1 aromatic heterocycles. The lowest BCUT2D eigenvalue weighted by molar-refractivity contribution is -0.141. The minimum Gasteiger partial charge on any atom is -0.497 e. The van der Waals surface area contributed by atoms with Crippen LogP contribution in [0.1, 0.15) is 16.1 Å². The number of methoxy groups -OCH3 is 1. The molecule has 1 heterocycles. The van der Waals surface area contributed by atoms with E-state index in [0.717, 1.165) is 11.1 Å². The fourth-order valence-electron chi connectivity index (χ4n) is 2.64. The van der Waals surface area contributed by atoms with Crippen LogP contribution in [0, 0.1) is 0 Å². The van der Waals surface area contributed by atoms with Gasteiger partial charge in [-0.05, 0) is 42.0 Å². The number of aliphatic carboxylic acids is 1. The Morgan fingerprint density at radius 2 is 1.76 bits per heavy atom. The molecular formula is C22H21NO6. The molecule has 0 saturated heterocycles. The largest absolute Gasteiger partial charge is 0.497 e. The third kappa shape index (κ3) is 5.46. The van der Waals surface area contributed by atoms with Gasteiger partial charge in [0.1, 0.15) is 11.5 Å². The number of benzene rings is 2. The maximum Gasteiger partial charge on any atom is 0.328 e. The van der Waals surface area contributed by atoms with Gasteiger partial charge in [-0.15, -0.1) is 0 Å². The number of ether oxygens (including phenoxy) is 2. The first-order chi connectivity index (χ1) is 14.1. The molecule has 0 unspecified atom stereocenters. The molecule has 0 aliphatic heterocycles. The van der Waals surface area contributed by atoms with Crippen LogP contribution in [0.25, 0.3) is 11.3 Å². The van der Waals surface area contributed by atoms with E-state index in [1.54, 1.807) is 37.4 Å². The van der Waals surface area contributed by atoms with Gasteiger partial charge in [0.2, 0.25) is 0 Å². The smallest absolute Gasteiger partial charge is 0.328 e. The van der Waals surface area contributed by atoms with Gasteiger partial charge in [0.15, 0.2) is 11.8 Å².